The highest BCUT2D eigenvalue weighted by Gasteiger charge is 2.19. The first kappa shape index (κ1) is 15.7. The fraction of sp³-hybridized carbons (Fsp3) is 0.250. The highest BCUT2D eigenvalue weighted by molar-refractivity contribution is 6.02. The van der Waals surface area contributed by atoms with Crippen molar-refractivity contribution < 1.29 is 19.1 Å². The summed E-state index contributed by atoms with van der Waals surface area (Å²) < 4.78 is 6.79. The van der Waals surface area contributed by atoms with Gasteiger partial charge in [-0.15, -0.1) is 5.10 Å². The average Bonchev–Trinajstić information content (AvgIpc) is 3.13. The Morgan fingerprint density at radius 1 is 1.25 bits per heavy atom. The molecule has 0 aliphatic heterocycles. The first-order valence-corrected chi connectivity index (χ1v) is 7.24. The Morgan fingerprint density at radius 3 is 2.62 bits per heavy atom. The van der Waals surface area contributed by atoms with Crippen molar-refractivity contribution in [3.8, 4) is 0 Å². The molecule has 0 spiro atoms. The number of nitrogens with zero attached hydrogens (tertiary/aromatic N) is 3. The molecule has 0 bridgehead atoms. The Hall–Kier alpha value is -3.16. The highest BCUT2D eigenvalue weighted by Crippen LogP contribution is 2.23. The molecule has 24 heavy (non-hydrogen) atoms. The maximum atomic E-state index is 12.2. The Labute approximate surface area is 137 Å². The van der Waals surface area contributed by atoms with Crippen molar-refractivity contribution in [1.82, 2.24) is 14.8 Å². The van der Waals surface area contributed by atoms with Crippen LogP contribution in [0.4, 0.5) is 5.69 Å². The maximum absolute atomic E-state index is 12.2. The number of carbonyl (C=O) groups is 2. The van der Waals surface area contributed by atoms with Crippen molar-refractivity contribution in [1.29, 1.82) is 0 Å². The predicted octanol–water partition coefficient (Wildman–Crippen LogP) is 2.73. The van der Waals surface area contributed by atoms with E-state index in [4.69, 9.17) is 9.52 Å². The fourth-order valence-electron chi connectivity index (χ4n) is 2.10. The molecule has 0 saturated carbocycles. The standard InChI is InChI=1S/C16H16N4O4/c1-16(2,3)20-8-17-13(19-20)14(21)18-10-4-5-11-9(6-10)7-12(24-11)15(22)23/h4-8H,1-3H3,(H,18,21)(H,22,23). The van der Waals surface area contributed by atoms with E-state index >= 15 is 0 Å². The zero-order valence-electron chi connectivity index (χ0n) is 13.4. The lowest BCUT2D eigenvalue weighted by molar-refractivity contribution is 0.0665. The number of amides is 1. The summed E-state index contributed by atoms with van der Waals surface area (Å²) in [7, 11) is 0. The molecule has 0 aliphatic carbocycles. The number of nitrogens with one attached hydrogen (secondary N) is 1. The summed E-state index contributed by atoms with van der Waals surface area (Å²) in [6, 6.07) is 6.25. The molecule has 2 aromatic heterocycles. The Balaban J connectivity index is 1.82. The number of benzene rings is 1. The van der Waals surface area contributed by atoms with Crippen molar-refractivity contribution >= 4 is 28.5 Å². The van der Waals surface area contributed by atoms with Gasteiger partial charge in [-0.2, -0.15) is 0 Å². The quantitative estimate of drug-likeness (QED) is 0.765. The van der Waals surface area contributed by atoms with Gasteiger partial charge in [0.15, 0.2) is 0 Å². The van der Waals surface area contributed by atoms with E-state index in [-0.39, 0.29) is 17.1 Å². The van der Waals surface area contributed by atoms with Crippen LogP contribution in [-0.4, -0.2) is 31.7 Å². The van der Waals surface area contributed by atoms with Crippen molar-refractivity contribution in [3.05, 3.63) is 42.2 Å². The molecule has 0 unspecified atom stereocenters. The van der Waals surface area contributed by atoms with Crippen LogP contribution in [0.25, 0.3) is 11.0 Å². The molecule has 3 aromatic rings. The number of aromatic nitrogens is 3. The van der Waals surface area contributed by atoms with Gasteiger partial charge in [-0.1, -0.05) is 0 Å². The SMILES string of the molecule is CC(C)(C)n1cnc(C(=O)Nc2ccc3oc(C(=O)O)cc3c2)n1. The van der Waals surface area contributed by atoms with Crippen LogP contribution >= 0.6 is 0 Å². The van der Waals surface area contributed by atoms with Crippen LogP contribution in [0.15, 0.2) is 35.0 Å². The number of aromatic carboxylic acids is 1. The summed E-state index contributed by atoms with van der Waals surface area (Å²) in [4.78, 5) is 27.2. The Kier molecular flexibility index (Phi) is 3.59. The molecule has 1 aromatic carbocycles. The molecule has 3 rings (SSSR count). The summed E-state index contributed by atoms with van der Waals surface area (Å²) in [6.07, 6.45) is 1.51. The van der Waals surface area contributed by atoms with Crippen LogP contribution in [-0.2, 0) is 5.54 Å². The van der Waals surface area contributed by atoms with E-state index in [1.165, 1.54) is 12.4 Å². The van der Waals surface area contributed by atoms with Gasteiger partial charge in [0.1, 0.15) is 11.9 Å². The van der Waals surface area contributed by atoms with Gasteiger partial charge >= 0.3 is 5.97 Å². The largest absolute Gasteiger partial charge is 0.475 e. The third kappa shape index (κ3) is 2.98. The molecule has 8 heteroatoms. The van der Waals surface area contributed by atoms with Crippen LogP contribution in [0.1, 0.15) is 41.9 Å². The smallest absolute Gasteiger partial charge is 0.371 e. The summed E-state index contributed by atoms with van der Waals surface area (Å²) >= 11 is 0. The van der Waals surface area contributed by atoms with Crippen molar-refractivity contribution in [3.63, 3.8) is 0 Å². The third-order valence-electron chi connectivity index (χ3n) is 3.37. The normalized spacial score (nSPS) is 11.6. The average molecular weight is 328 g/mol. The first-order valence-electron chi connectivity index (χ1n) is 7.24. The van der Waals surface area contributed by atoms with E-state index in [2.05, 4.69) is 15.4 Å². The van der Waals surface area contributed by atoms with E-state index < -0.39 is 11.9 Å². The number of fused-ring (bicyclic) bond motifs is 1. The van der Waals surface area contributed by atoms with Gasteiger partial charge in [-0.3, -0.25) is 4.79 Å². The predicted molar refractivity (Wildman–Crippen MR) is 86.1 cm³/mol. The Bertz CT molecular complexity index is 933. The summed E-state index contributed by atoms with van der Waals surface area (Å²) in [6.45, 7) is 5.86. The molecule has 0 aliphatic rings. The third-order valence-corrected chi connectivity index (χ3v) is 3.37. The maximum Gasteiger partial charge on any atom is 0.371 e. The summed E-state index contributed by atoms with van der Waals surface area (Å²) in [5.74, 6) is -1.68. The molecule has 0 fully saturated rings. The van der Waals surface area contributed by atoms with Gasteiger partial charge in [-0.25, -0.2) is 14.5 Å². The highest BCUT2D eigenvalue weighted by atomic mass is 16.4. The zero-order chi connectivity index (χ0) is 17.5. The van der Waals surface area contributed by atoms with E-state index in [1.807, 2.05) is 20.8 Å². The lowest BCUT2D eigenvalue weighted by atomic mass is 10.1. The number of rotatable bonds is 3. The molecule has 2 N–H and O–H groups in total. The number of hydrogen-bond donors (Lipinski definition) is 2. The molecule has 124 valence electrons. The molecule has 1 amide bonds. The molecule has 0 saturated heterocycles. The van der Waals surface area contributed by atoms with Gasteiger partial charge in [0.2, 0.25) is 11.6 Å². The second-order valence-corrected chi connectivity index (χ2v) is 6.31. The van der Waals surface area contributed by atoms with Gasteiger partial charge in [0.25, 0.3) is 5.91 Å². The molecule has 0 atom stereocenters. The van der Waals surface area contributed by atoms with E-state index in [9.17, 15) is 9.59 Å². The Morgan fingerprint density at radius 2 is 2.00 bits per heavy atom. The van der Waals surface area contributed by atoms with Crippen LogP contribution in [0.2, 0.25) is 0 Å². The molecule has 0 radical (unpaired) electrons. The minimum absolute atomic E-state index is 0.0587. The van der Waals surface area contributed by atoms with Gasteiger partial charge in [0.05, 0.1) is 5.54 Å². The molecular weight excluding hydrogens is 312 g/mol. The minimum Gasteiger partial charge on any atom is -0.475 e. The topological polar surface area (TPSA) is 110 Å². The first-order chi connectivity index (χ1) is 11.2. The van der Waals surface area contributed by atoms with Gasteiger partial charge in [-0.05, 0) is 45.0 Å². The van der Waals surface area contributed by atoms with Crippen LogP contribution in [0, 0.1) is 0 Å². The van der Waals surface area contributed by atoms with E-state index in [0.29, 0.717) is 16.7 Å². The summed E-state index contributed by atoms with van der Waals surface area (Å²) in [5, 5.41) is 16.4. The number of carboxylic acid groups (broad SMARTS) is 1. The number of carboxylic acids is 1. The fourth-order valence-corrected chi connectivity index (χ4v) is 2.10. The van der Waals surface area contributed by atoms with Gasteiger partial charge < -0.3 is 14.8 Å². The second-order valence-electron chi connectivity index (χ2n) is 6.31. The van der Waals surface area contributed by atoms with Crippen LogP contribution in [0.5, 0.6) is 0 Å². The van der Waals surface area contributed by atoms with Crippen molar-refractivity contribution in [2.75, 3.05) is 5.32 Å². The monoisotopic (exact) mass is 328 g/mol. The zero-order valence-corrected chi connectivity index (χ0v) is 13.4. The molecule has 2 heterocycles. The van der Waals surface area contributed by atoms with Gasteiger partial charge in [0, 0.05) is 11.1 Å². The van der Waals surface area contributed by atoms with E-state index in [1.54, 1.807) is 22.9 Å². The molecular formula is C16H16N4O4. The second kappa shape index (κ2) is 5.48. The van der Waals surface area contributed by atoms with E-state index in [0.717, 1.165) is 0 Å². The lowest BCUT2D eigenvalue weighted by Crippen LogP contribution is -2.23. The molecule has 8 nitrogen and oxygen atoms in total. The van der Waals surface area contributed by atoms with Crippen LogP contribution < -0.4 is 5.32 Å². The lowest BCUT2D eigenvalue weighted by Gasteiger charge is -2.17. The number of anilines is 1. The summed E-state index contributed by atoms with van der Waals surface area (Å²) in [5.41, 5.74) is 0.659. The van der Waals surface area contributed by atoms with Crippen LogP contribution in [0.3, 0.4) is 0 Å². The minimum atomic E-state index is -1.14. The number of furan rings is 1. The number of carbonyl (C=O) groups excluding carboxylic acids is 1. The van der Waals surface area contributed by atoms with Crippen molar-refractivity contribution in [2.24, 2.45) is 0 Å². The van der Waals surface area contributed by atoms with Crippen molar-refractivity contribution in [2.45, 2.75) is 26.3 Å². The number of hydrogen-bond acceptors (Lipinski definition) is 5.